The molecule has 0 spiro atoms. The zero-order chi connectivity index (χ0) is 84.9. The average molecular weight is 1600 g/mol. The van der Waals surface area contributed by atoms with Gasteiger partial charge in [-0.3, -0.25) is 81.5 Å². The topological polar surface area (TPSA) is 659 Å². The Bertz CT molecular complexity index is 3710. The van der Waals surface area contributed by atoms with Gasteiger partial charge in [0.1, 0.15) is 72.6 Å². The van der Waals surface area contributed by atoms with Gasteiger partial charge in [0.2, 0.25) is 82.7 Å². The number of benzene rings is 1. The third-order valence-electron chi connectivity index (χ3n) is 18.3. The number of nitrogens with one attached hydrogen (secondary N) is 13. The molecule has 1 aliphatic heterocycles. The number of aliphatic hydroxyl groups is 1. The van der Waals surface area contributed by atoms with Crippen LogP contribution in [0.5, 0.6) is 0 Å². The van der Waals surface area contributed by atoms with Gasteiger partial charge in [-0.2, -0.15) is 0 Å². The lowest BCUT2D eigenvalue weighted by molar-refractivity contribution is -0.159. The number of rotatable bonds is 36. The molecule has 1 aromatic heterocycles. The number of aromatic amines is 1. The third-order valence-corrected chi connectivity index (χ3v) is 18.3. The first kappa shape index (κ1) is 95.8. The van der Waals surface area contributed by atoms with Crippen molar-refractivity contribution < 1.29 is 126 Å². The number of hydrogen-bond acceptors (Lipinski definition) is 23. The molecule has 0 saturated carbocycles. The molecule has 0 aliphatic carbocycles. The number of nitrogens with zero attached hydrogens (tertiary/aromatic N) is 1. The fourth-order valence-electron chi connectivity index (χ4n) is 11.6. The highest BCUT2D eigenvalue weighted by Gasteiger charge is 2.43. The van der Waals surface area contributed by atoms with Gasteiger partial charge >= 0.3 is 29.8 Å². The second-order valence-electron chi connectivity index (χ2n) is 27.4. The van der Waals surface area contributed by atoms with Crippen LogP contribution < -0.4 is 75.3 Å². The Balaban J connectivity index is 2.23. The van der Waals surface area contributed by atoms with E-state index < -0.39 is 248 Å². The number of para-hydroxylation sites is 1. The minimum atomic E-state index is -2.78. The molecule has 1 saturated heterocycles. The minimum absolute atomic E-state index is 0.0105. The highest BCUT2D eigenvalue weighted by atomic mass is 16.5. The summed E-state index contributed by atoms with van der Waals surface area (Å²) in [5.74, 6) is -27.1. The summed E-state index contributed by atoms with van der Waals surface area (Å²) in [6, 6.07) is -14.7. The molecule has 1 fully saturated rings. The van der Waals surface area contributed by atoms with Crippen molar-refractivity contribution in [2.45, 2.75) is 242 Å². The number of carbonyl (C=O) groups is 19. The molecule has 15 unspecified atom stereocenters. The van der Waals surface area contributed by atoms with Crippen LogP contribution in [0.15, 0.2) is 30.5 Å². The Morgan fingerprint density at radius 1 is 0.628 bits per heavy atom. The number of unbranched alkanes of at least 4 members (excludes halogenated alkanes) is 7. The monoisotopic (exact) mass is 1600 g/mol. The molecule has 0 bridgehead atoms. The fourth-order valence-corrected chi connectivity index (χ4v) is 11.6. The SMILES string of the molecule is CCCCCCCCCC(=O)NC(Cc1c[nH]c2ccccc12)C(=O)NC(CCC(=O)O)C(=O)NC(C(=O)NC1C(=O)N(C)CC(=O)NC(C)C(=O)NC(CC(=O)O)C(=O)NC(CCCCN)C(=O)NC(C(OC)C(=O)O)C(=O)NCC(=O)NC(C)C(=O)NC(CCC(=O)O)C(=O)NC(C(C)CC)C(=O)OC1C)C(O)C(N)=O. The maximum atomic E-state index is 14.9. The zero-order valence-electron chi connectivity index (χ0n) is 64.3. The van der Waals surface area contributed by atoms with E-state index in [1.54, 1.807) is 30.5 Å². The van der Waals surface area contributed by atoms with E-state index in [1.807, 2.05) is 0 Å². The molecular formula is C71H108N16O26. The van der Waals surface area contributed by atoms with E-state index in [2.05, 4.69) is 75.7 Å². The Hall–Kier alpha value is -11.4. The average Bonchev–Trinajstić information content (AvgIpc) is 1.77. The van der Waals surface area contributed by atoms with E-state index in [0.29, 0.717) is 34.2 Å². The number of carboxylic acid groups (broad SMARTS) is 4. The highest BCUT2D eigenvalue weighted by molar-refractivity contribution is 6.02. The van der Waals surface area contributed by atoms with Gasteiger partial charge in [-0.1, -0.05) is 83.9 Å². The predicted molar refractivity (Wildman–Crippen MR) is 395 cm³/mol. The number of likely N-dealkylation sites (N-methyl/N-ethyl adjacent to an activating group) is 1. The molecule has 2 heterocycles. The number of esters is 1. The van der Waals surface area contributed by atoms with Crippen molar-refractivity contribution in [3.05, 3.63) is 36.0 Å². The Morgan fingerprint density at radius 2 is 1.19 bits per heavy atom. The van der Waals surface area contributed by atoms with Crippen molar-refractivity contribution in [1.82, 2.24) is 73.7 Å². The molecule has 0 radical (unpaired) electrons. The number of aliphatic hydroxyl groups excluding tert-OH is 1. The minimum Gasteiger partial charge on any atom is -0.481 e. The van der Waals surface area contributed by atoms with E-state index >= 15 is 0 Å². The standard InChI is InChI=1S/C71H108N16O26/c1-9-11-12-13-14-15-16-24-47(88)78-45(30-39-32-74-41-22-18-17-21-40(39)41)65(104)81-44(26-28-51(93)94)64(103)85-55(57(97)59(73)98)68(107)84-54-38(6)113-71(111)53(35(3)10-2)83-63(102)43(25-27-50(91)92)79-60(99)36(4)76-48(89)33-75-67(106)56(58(112-8)70(109)110)86-62(101)42(23-19-20-29-72)80-66(105)46(31-52(95)96)82-61(100)37(5)77-49(90)34-87(7)69(54)108/h17-18,21-22,32,35-38,42-46,53-58,74,97H,9-16,19-20,23-31,33-34,72H2,1-8H3,(H2,73,98)(H,75,106)(H,76,89)(H,77,90)(H,78,88)(H,79,99)(H,80,105)(H,81,104)(H,82,100)(H,83,102)(H,84,107)(H,85,103)(H,86,101)(H,91,92)(H,93,94)(H,95,96)(H,109,110). The number of primary amides is 1. The van der Waals surface area contributed by atoms with Crippen LogP contribution in [0.25, 0.3) is 10.9 Å². The van der Waals surface area contributed by atoms with E-state index in [0.717, 1.165) is 67.0 Å². The lowest BCUT2D eigenvalue weighted by Crippen LogP contribution is -2.64. The summed E-state index contributed by atoms with van der Waals surface area (Å²) in [4.78, 5) is 263. The van der Waals surface area contributed by atoms with Crippen LogP contribution in [-0.4, -0.2) is 267 Å². The fraction of sp³-hybridized carbons (Fsp3) is 0.620. The van der Waals surface area contributed by atoms with Gasteiger partial charge in [-0.25, -0.2) is 9.59 Å². The van der Waals surface area contributed by atoms with Crippen LogP contribution in [0.2, 0.25) is 0 Å². The molecule has 1 aromatic carbocycles. The molecule has 1 aliphatic rings. The number of H-pyrrole nitrogens is 1. The number of ether oxygens (including phenoxy) is 2. The lowest BCUT2D eigenvalue weighted by Gasteiger charge is -2.32. The van der Waals surface area contributed by atoms with E-state index in [1.165, 1.54) is 13.8 Å². The Kier molecular flexibility index (Phi) is 41.0. The quantitative estimate of drug-likeness (QED) is 0.0225. The van der Waals surface area contributed by atoms with Gasteiger partial charge in [0, 0.05) is 56.9 Å². The predicted octanol–water partition coefficient (Wildman–Crippen LogP) is -4.93. The maximum Gasteiger partial charge on any atom is 0.335 e. The van der Waals surface area contributed by atoms with Crippen LogP contribution in [-0.2, 0) is 107 Å². The van der Waals surface area contributed by atoms with Crippen LogP contribution in [0.1, 0.15) is 156 Å². The normalized spacial score (nSPS) is 22.1. The summed E-state index contributed by atoms with van der Waals surface area (Å²) in [5.41, 5.74) is 12.4. The van der Waals surface area contributed by atoms with Gasteiger partial charge in [-0.05, 0) is 83.4 Å². The first-order valence-corrected chi connectivity index (χ1v) is 37.0. The molecular weight excluding hydrogens is 1490 g/mol. The summed E-state index contributed by atoms with van der Waals surface area (Å²) < 4.78 is 10.7. The Morgan fingerprint density at radius 3 is 1.78 bits per heavy atom. The van der Waals surface area contributed by atoms with Crippen LogP contribution in [0.3, 0.4) is 0 Å². The van der Waals surface area contributed by atoms with Crippen molar-refractivity contribution in [2.75, 3.05) is 33.8 Å². The molecule has 15 atom stereocenters. The number of methoxy groups -OCH3 is 1. The maximum absolute atomic E-state index is 14.9. The summed E-state index contributed by atoms with van der Waals surface area (Å²) in [5, 5.41) is 78.4. The molecule has 22 N–H and O–H groups in total. The summed E-state index contributed by atoms with van der Waals surface area (Å²) in [6.07, 6.45) is -4.06. The number of cyclic esters (lactones) is 1. The number of hydrogen-bond donors (Lipinski definition) is 20. The number of carbonyl (C=O) groups excluding carboxylic acids is 15. The van der Waals surface area contributed by atoms with Gasteiger partial charge in [-0.15, -0.1) is 0 Å². The molecule has 3 rings (SSSR count). The van der Waals surface area contributed by atoms with E-state index in [4.69, 9.17) is 20.9 Å². The van der Waals surface area contributed by atoms with Crippen molar-refractivity contribution >= 4 is 123 Å². The molecule has 2 aromatic rings. The molecule has 42 nitrogen and oxygen atoms in total. The van der Waals surface area contributed by atoms with Crippen molar-refractivity contribution in [3.8, 4) is 0 Å². The summed E-state index contributed by atoms with van der Waals surface area (Å²) >= 11 is 0. The van der Waals surface area contributed by atoms with E-state index in [9.17, 15) is 117 Å². The van der Waals surface area contributed by atoms with Crippen LogP contribution in [0, 0.1) is 5.92 Å². The van der Waals surface area contributed by atoms with Gasteiger partial charge in [0.15, 0.2) is 12.2 Å². The number of fused-ring (bicyclic) bond motifs is 1. The van der Waals surface area contributed by atoms with Gasteiger partial charge in [0.05, 0.1) is 19.5 Å². The number of amides is 14. The molecule has 42 heteroatoms. The van der Waals surface area contributed by atoms with Gasteiger partial charge in [0.25, 0.3) is 0 Å². The summed E-state index contributed by atoms with van der Waals surface area (Å²) in [7, 11) is 1.75. The van der Waals surface area contributed by atoms with Crippen molar-refractivity contribution in [1.29, 1.82) is 0 Å². The first-order valence-electron chi connectivity index (χ1n) is 37.0. The molecule has 113 heavy (non-hydrogen) atoms. The zero-order valence-corrected chi connectivity index (χ0v) is 64.3. The highest BCUT2D eigenvalue weighted by Crippen LogP contribution is 2.21. The number of nitrogens with two attached hydrogens (primary N) is 2. The van der Waals surface area contributed by atoms with E-state index in [-0.39, 0.29) is 45.1 Å². The molecule has 14 amide bonds. The van der Waals surface area contributed by atoms with Crippen LogP contribution >= 0.6 is 0 Å². The van der Waals surface area contributed by atoms with Crippen LogP contribution in [0.4, 0.5) is 0 Å². The largest absolute Gasteiger partial charge is 0.481 e. The summed E-state index contributed by atoms with van der Waals surface area (Å²) in [6.45, 7) is 5.92. The second-order valence-corrected chi connectivity index (χ2v) is 27.4. The van der Waals surface area contributed by atoms with Gasteiger partial charge < -0.3 is 120 Å². The first-order chi connectivity index (χ1) is 53.3. The lowest BCUT2D eigenvalue weighted by atomic mass is 9.98. The number of aromatic nitrogens is 1. The number of carboxylic acids is 4. The smallest absolute Gasteiger partial charge is 0.335 e. The number of aliphatic carboxylic acids is 4. The van der Waals surface area contributed by atoms with Crippen molar-refractivity contribution in [2.24, 2.45) is 17.4 Å². The molecule has 628 valence electrons. The second kappa shape index (κ2) is 48.4. The Labute approximate surface area is 650 Å². The van der Waals surface area contributed by atoms with Crippen molar-refractivity contribution in [3.63, 3.8) is 0 Å². The third kappa shape index (κ3) is 32.4.